The second kappa shape index (κ2) is 4.96. The number of esters is 1. The molecule has 0 aliphatic rings. The van der Waals surface area contributed by atoms with Crippen molar-refractivity contribution in [2.24, 2.45) is 5.90 Å². The van der Waals surface area contributed by atoms with Crippen LogP contribution in [0.3, 0.4) is 0 Å². The molecule has 4 nitrogen and oxygen atoms in total. The first-order chi connectivity index (χ1) is 4.72. The highest BCUT2D eigenvalue weighted by Gasteiger charge is 2.00. The molecule has 0 aromatic rings. The summed E-state index contributed by atoms with van der Waals surface area (Å²) in [6, 6.07) is 0. The summed E-state index contributed by atoms with van der Waals surface area (Å²) in [5, 5.41) is 0. The van der Waals surface area contributed by atoms with Crippen LogP contribution in [0.4, 0.5) is 0 Å². The molecule has 0 spiro atoms. The van der Waals surface area contributed by atoms with Crippen LogP contribution in [-0.4, -0.2) is 19.7 Å². The maximum absolute atomic E-state index is 10.6. The Morgan fingerprint density at radius 2 is 2.30 bits per heavy atom. The van der Waals surface area contributed by atoms with Crippen molar-refractivity contribution in [3.05, 3.63) is 11.6 Å². The van der Waals surface area contributed by atoms with E-state index in [-0.39, 0.29) is 12.6 Å². The van der Waals surface area contributed by atoms with Crippen molar-refractivity contribution in [3.8, 4) is 0 Å². The van der Waals surface area contributed by atoms with E-state index in [9.17, 15) is 4.79 Å². The zero-order valence-electron chi connectivity index (χ0n) is 6.09. The fourth-order valence-electron chi connectivity index (χ4n) is 0.417. The number of carbonyl (C=O) groups is 1. The summed E-state index contributed by atoms with van der Waals surface area (Å²) in [4.78, 5) is 14.9. The summed E-state index contributed by atoms with van der Waals surface area (Å²) in [5.41, 5.74) is 0.493. The molecule has 0 aromatic heterocycles. The summed E-state index contributed by atoms with van der Waals surface area (Å²) in [7, 11) is 1.32. The van der Waals surface area contributed by atoms with E-state index in [0.29, 0.717) is 5.57 Å². The Labute approximate surface area is 59.6 Å². The summed E-state index contributed by atoms with van der Waals surface area (Å²) in [5.74, 6) is 4.36. The third kappa shape index (κ3) is 3.21. The smallest absolute Gasteiger partial charge is 0.333 e. The molecule has 0 unspecified atom stereocenters. The lowest BCUT2D eigenvalue weighted by Gasteiger charge is -1.96. The number of methoxy groups -OCH3 is 1. The minimum Gasteiger partial charge on any atom is -0.466 e. The fraction of sp³-hybridized carbons (Fsp3) is 0.500. The van der Waals surface area contributed by atoms with E-state index in [1.807, 2.05) is 0 Å². The zero-order valence-corrected chi connectivity index (χ0v) is 6.09. The second-order valence-corrected chi connectivity index (χ2v) is 1.71. The summed E-state index contributed by atoms with van der Waals surface area (Å²) >= 11 is 0. The van der Waals surface area contributed by atoms with Crippen molar-refractivity contribution in [3.63, 3.8) is 0 Å². The Morgan fingerprint density at radius 3 is 2.70 bits per heavy atom. The predicted octanol–water partition coefficient (Wildman–Crippen LogP) is -0.00400. The highest BCUT2D eigenvalue weighted by Crippen LogP contribution is 1.93. The Morgan fingerprint density at radius 1 is 1.70 bits per heavy atom. The number of ether oxygens (including phenoxy) is 1. The van der Waals surface area contributed by atoms with Gasteiger partial charge in [-0.3, -0.25) is 0 Å². The zero-order chi connectivity index (χ0) is 7.98. The Balaban J connectivity index is 3.80. The molecule has 0 saturated carbocycles. The fourth-order valence-corrected chi connectivity index (χ4v) is 0.417. The van der Waals surface area contributed by atoms with Crippen molar-refractivity contribution in [2.75, 3.05) is 13.7 Å². The number of carbonyl (C=O) groups excluding carboxylic acids is 1. The Hall–Kier alpha value is -0.870. The van der Waals surface area contributed by atoms with Crippen LogP contribution < -0.4 is 5.90 Å². The van der Waals surface area contributed by atoms with Gasteiger partial charge in [0.25, 0.3) is 0 Å². The SMILES string of the molecule is COC(=O)C(C)=CCON. The van der Waals surface area contributed by atoms with Gasteiger partial charge < -0.3 is 9.57 Å². The van der Waals surface area contributed by atoms with Crippen molar-refractivity contribution in [1.82, 2.24) is 0 Å². The normalized spacial score (nSPS) is 11.3. The first-order valence-electron chi connectivity index (χ1n) is 2.79. The molecule has 0 bridgehead atoms. The standard InChI is InChI=1S/C6H11NO3/c1-5(3-4-10-7)6(8)9-2/h3H,4,7H2,1-2H3. The van der Waals surface area contributed by atoms with E-state index in [0.717, 1.165) is 0 Å². The molecule has 2 N–H and O–H groups in total. The Kier molecular flexibility index (Phi) is 4.53. The first-order valence-corrected chi connectivity index (χ1v) is 2.79. The molecule has 0 heterocycles. The summed E-state index contributed by atoms with van der Waals surface area (Å²) in [6.07, 6.45) is 1.55. The monoisotopic (exact) mass is 145 g/mol. The van der Waals surface area contributed by atoms with Gasteiger partial charge in [0.15, 0.2) is 0 Å². The van der Waals surface area contributed by atoms with Gasteiger partial charge in [-0.25, -0.2) is 10.7 Å². The number of nitrogens with two attached hydrogens (primary N) is 1. The van der Waals surface area contributed by atoms with Crippen LogP contribution in [0.2, 0.25) is 0 Å². The van der Waals surface area contributed by atoms with Crippen molar-refractivity contribution in [1.29, 1.82) is 0 Å². The summed E-state index contributed by atoms with van der Waals surface area (Å²) in [6.45, 7) is 1.85. The lowest BCUT2D eigenvalue weighted by atomic mass is 10.3. The van der Waals surface area contributed by atoms with E-state index in [1.165, 1.54) is 7.11 Å². The molecule has 0 saturated heterocycles. The van der Waals surface area contributed by atoms with Crippen LogP contribution in [0.1, 0.15) is 6.92 Å². The highest BCUT2D eigenvalue weighted by molar-refractivity contribution is 5.87. The van der Waals surface area contributed by atoms with Crippen LogP contribution in [0.25, 0.3) is 0 Å². The van der Waals surface area contributed by atoms with Crippen molar-refractivity contribution >= 4 is 5.97 Å². The molecule has 0 amide bonds. The molecule has 0 aliphatic heterocycles. The lowest BCUT2D eigenvalue weighted by molar-refractivity contribution is -0.136. The van der Waals surface area contributed by atoms with E-state index in [1.54, 1.807) is 13.0 Å². The molecule has 10 heavy (non-hydrogen) atoms. The largest absolute Gasteiger partial charge is 0.466 e. The van der Waals surface area contributed by atoms with Crippen molar-refractivity contribution in [2.45, 2.75) is 6.92 Å². The van der Waals surface area contributed by atoms with Crippen LogP contribution in [0.15, 0.2) is 11.6 Å². The summed E-state index contributed by atoms with van der Waals surface area (Å²) < 4.78 is 4.41. The third-order valence-corrected chi connectivity index (χ3v) is 0.993. The van der Waals surface area contributed by atoms with E-state index < -0.39 is 0 Å². The maximum atomic E-state index is 10.6. The Bertz CT molecular complexity index is 142. The van der Waals surface area contributed by atoms with E-state index >= 15 is 0 Å². The molecular weight excluding hydrogens is 134 g/mol. The molecule has 0 rings (SSSR count). The molecule has 58 valence electrons. The molecular formula is C6H11NO3. The van der Waals surface area contributed by atoms with E-state index in [4.69, 9.17) is 5.90 Å². The molecule has 0 aliphatic carbocycles. The molecule has 0 atom stereocenters. The van der Waals surface area contributed by atoms with Gasteiger partial charge in [0.1, 0.15) is 0 Å². The van der Waals surface area contributed by atoms with Crippen molar-refractivity contribution < 1.29 is 14.4 Å². The second-order valence-electron chi connectivity index (χ2n) is 1.71. The average molecular weight is 145 g/mol. The molecule has 0 aromatic carbocycles. The third-order valence-electron chi connectivity index (χ3n) is 0.993. The number of hydrogen-bond donors (Lipinski definition) is 1. The van der Waals surface area contributed by atoms with Gasteiger partial charge >= 0.3 is 5.97 Å². The average Bonchev–Trinajstić information content (AvgIpc) is 1.98. The minimum atomic E-state index is -0.364. The quantitative estimate of drug-likeness (QED) is 0.345. The maximum Gasteiger partial charge on any atom is 0.333 e. The first kappa shape index (κ1) is 9.13. The molecule has 0 fully saturated rings. The minimum absolute atomic E-state index is 0.223. The van der Waals surface area contributed by atoms with Gasteiger partial charge in [-0.15, -0.1) is 0 Å². The van der Waals surface area contributed by atoms with Crippen LogP contribution in [0, 0.1) is 0 Å². The van der Waals surface area contributed by atoms with E-state index in [2.05, 4.69) is 9.57 Å². The van der Waals surface area contributed by atoms with Gasteiger partial charge in [-0.05, 0) is 13.0 Å². The predicted molar refractivity (Wildman–Crippen MR) is 35.9 cm³/mol. The van der Waals surface area contributed by atoms with Crippen LogP contribution >= 0.6 is 0 Å². The van der Waals surface area contributed by atoms with Gasteiger partial charge in [-0.1, -0.05) is 0 Å². The van der Waals surface area contributed by atoms with Crippen LogP contribution in [-0.2, 0) is 14.4 Å². The lowest BCUT2D eigenvalue weighted by Crippen LogP contribution is -2.04. The van der Waals surface area contributed by atoms with Crippen LogP contribution in [0.5, 0.6) is 0 Å². The molecule has 0 radical (unpaired) electrons. The number of rotatable bonds is 3. The number of hydrogen-bond acceptors (Lipinski definition) is 4. The van der Waals surface area contributed by atoms with Gasteiger partial charge in [0.05, 0.1) is 13.7 Å². The molecule has 4 heteroatoms. The highest BCUT2D eigenvalue weighted by atomic mass is 16.6. The van der Waals surface area contributed by atoms with Gasteiger partial charge in [0.2, 0.25) is 0 Å². The topological polar surface area (TPSA) is 61.5 Å². The van der Waals surface area contributed by atoms with Gasteiger partial charge in [-0.2, -0.15) is 0 Å². The van der Waals surface area contributed by atoms with Gasteiger partial charge in [0, 0.05) is 5.57 Å².